The van der Waals surface area contributed by atoms with Gasteiger partial charge in [-0.25, -0.2) is 4.79 Å². The monoisotopic (exact) mass is 578 g/mol. The molecule has 0 amide bonds. The lowest BCUT2D eigenvalue weighted by Crippen LogP contribution is -2.48. The van der Waals surface area contributed by atoms with Gasteiger partial charge < -0.3 is 0 Å². The summed E-state index contributed by atoms with van der Waals surface area (Å²) >= 11 is 1.49. The smallest absolute Gasteiger partial charge is 0.279 e. The number of aromatic nitrogens is 2. The molecule has 1 heterocycles. The maximum Gasteiger partial charge on any atom is 0.400 e. The fraction of sp³-hybridized carbons (Fsp3) is 0.111. The van der Waals surface area contributed by atoms with E-state index >= 15 is 0 Å². The number of nitrogens with zero attached hydrogens (tertiary/aromatic N) is 2. The normalized spacial score (nSPS) is 11.8. The number of hydrogen-bond donors (Lipinski definition) is 0. The Bertz CT molecular complexity index is 1460. The Morgan fingerprint density at radius 1 is 0.742 bits per heavy atom. The van der Waals surface area contributed by atoms with Crippen molar-refractivity contribution in [2.75, 3.05) is 0 Å². The second-order valence-electron chi connectivity index (χ2n) is 6.37. The number of halogens is 1. The summed E-state index contributed by atoms with van der Waals surface area (Å²) in [7, 11) is -9.03. The van der Waals surface area contributed by atoms with Gasteiger partial charge in [0, 0.05) is 0 Å². The zero-order valence-corrected chi connectivity index (χ0v) is 19.8. The van der Waals surface area contributed by atoms with Gasteiger partial charge in [0.15, 0.2) is 0 Å². The predicted octanol–water partition coefficient (Wildman–Crippen LogP) is 0.866. The van der Waals surface area contributed by atoms with Crippen LogP contribution >= 0.6 is 22.6 Å². The fourth-order valence-corrected chi connectivity index (χ4v) is 4.53. The minimum Gasteiger partial charge on any atom is -0.279 e. The Kier molecular flexibility index (Phi) is 6.29. The second kappa shape index (κ2) is 8.47. The highest BCUT2D eigenvalue weighted by Gasteiger charge is 2.24. The molecule has 10 nitrogen and oxygen atoms in total. The van der Waals surface area contributed by atoms with Crippen LogP contribution in [0.15, 0.2) is 74.1 Å². The first-order valence-corrected chi connectivity index (χ1v) is 12.4. The molecule has 0 unspecified atom stereocenters. The third-order valence-electron chi connectivity index (χ3n) is 3.95. The molecule has 2 aromatic carbocycles. The van der Waals surface area contributed by atoms with Crippen LogP contribution in [0.2, 0.25) is 0 Å². The minimum absolute atomic E-state index is 0.0817. The largest absolute Gasteiger partial charge is 0.400 e. The zero-order chi connectivity index (χ0) is 23.0. The molecule has 0 atom stereocenters. The number of hydrogen-bond acceptors (Lipinski definition) is 8. The van der Waals surface area contributed by atoms with Gasteiger partial charge in [-0.1, -0.05) is 40.1 Å². The summed E-state index contributed by atoms with van der Waals surface area (Å²) in [4.78, 5) is 24.4. The van der Waals surface area contributed by atoms with Crippen molar-refractivity contribution in [1.29, 1.82) is 0 Å². The van der Waals surface area contributed by atoms with Crippen LogP contribution in [-0.2, 0) is 20.2 Å². The molecule has 0 bridgehead atoms. The molecule has 0 N–H and O–H groups in total. The van der Waals surface area contributed by atoms with Crippen molar-refractivity contribution in [3.8, 4) is 0 Å². The van der Waals surface area contributed by atoms with E-state index in [0.29, 0.717) is 0 Å². The summed E-state index contributed by atoms with van der Waals surface area (Å²) in [6.07, 6.45) is 0.815. The molecule has 0 spiro atoms. The van der Waals surface area contributed by atoms with E-state index in [0.717, 1.165) is 17.3 Å². The van der Waals surface area contributed by atoms with E-state index in [1.54, 1.807) is 13.8 Å². The molecular formula is C18H15IN2O8S2. The van der Waals surface area contributed by atoms with Gasteiger partial charge in [0.2, 0.25) is 0 Å². The average Bonchev–Trinajstić information content (AvgIpc) is 2.70. The first-order valence-electron chi connectivity index (χ1n) is 8.48. The van der Waals surface area contributed by atoms with E-state index in [-0.39, 0.29) is 22.8 Å². The standard InChI is InChI=1S/C18H15IN2O8S2/c1-12-3-7-14(8-4-12)30(24,25)28-20-11-16(19)17(22)21(18(20)23)29-31(26,27)15-9-5-13(2)6-10-15/h3-11H,1-2H3. The highest BCUT2D eigenvalue weighted by atomic mass is 127. The zero-order valence-electron chi connectivity index (χ0n) is 16.1. The molecule has 13 heteroatoms. The van der Waals surface area contributed by atoms with Crippen molar-refractivity contribution in [1.82, 2.24) is 9.46 Å². The summed E-state index contributed by atoms with van der Waals surface area (Å²) in [6.45, 7) is 3.50. The Hall–Kier alpha value is -2.65. The molecule has 31 heavy (non-hydrogen) atoms. The maximum absolute atomic E-state index is 12.6. The molecule has 0 fully saturated rings. The summed E-state index contributed by atoms with van der Waals surface area (Å²) in [5, 5.41) is 0. The van der Waals surface area contributed by atoms with E-state index in [4.69, 9.17) is 8.57 Å². The predicted molar refractivity (Wildman–Crippen MR) is 118 cm³/mol. The second-order valence-corrected chi connectivity index (χ2v) is 10.6. The SMILES string of the molecule is Cc1ccc(S(=O)(=O)On2cc(I)c(=O)n(OS(=O)(=O)c3ccc(C)cc3)c2=O)cc1. The van der Waals surface area contributed by atoms with Gasteiger partial charge in [-0.3, -0.25) is 13.4 Å². The van der Waals surface area contributed by atoms with Crippen LogP contribution in [0, 0.1) is 17.4 Å². The molecule has 164 valence electrons. The first kappa shape index (κ1) is 23.0. The quantitative estimate of drug-likeness (QED) is 0.394. The van der Waals surface area contributed by atoms with E-state index in [9.17, 15) is 26.4 Å². The highest BCUT2D eigenvalue weighted by Crippen LogP contribution is 2.12. The molecule has 1 aromatic heterocycles. The van der Waals surface area contributed by atoms with Crippen molar-refractivity contribution in [3.05, 3.63) is 90.3 Å². The summed E-state index contributed by atoms with van der Waals surface area (Å²) in [6, 6.07) is 11.1. The molecule has 3 rings (SSSR count). The van der Waals surface area contributed by atoms with Gasteiger partial charge in [-0.2, -0.15) is 16.8 Å². The van der Waals surface area contributed by atoms with Crippen molar-refractivity contribution in [2.24, 2.45) is 0 Å². The maximum atomic E-state index is 12.6. The van der Waals surface area contributed by atoms with Gasteiger partial charge in [-0.05, 0) is 60.7 Å². The Morgan fingerprint density at radius 2 is 1.16 bits per heavy atom. The minimum atomic E-state index is -4.57. The average molecular weight is 578 g/mol. The summed E-state index contributed by atoms with van der Waals surface area (Å²) < 4.78 is 59.4. The number of rotatable bonds is 6. The van der Waals surface area contributed by atoms with E-state index in [1.807, 2.05) is 0 Å². The van der Waals surface area contributed by atoms with Crippen LogP contribution in [0.1, 0.15) is 11.1 Å². The Morgan fingerprint density at radius 3 is 1.61 bits per heavy atom. The lowest BCUT2D eigenvalue weighted by molar-refractivity contribution is 0.191. The summed E-state index contributed by atoms with van der Waals surface area (Å²) in [5.41, 5.74) is -0.984. The molecule has 0 saturated carbocycles. The van der Waals surface area contributed by atoms with Gasteiger partial charge in [0.1, 0.15) is 13.4 Å². The van der Waals surface area contributed by atoms with Gasteiger partial charge in [0.05, 0.1) is 6.20 Å². The van der Waals surface area contributed by atoms with E-state index in [1.165, 1.54) is 71.1 Å². The molecular weight excluding hydrogens is 563 g/mol. The van der Waals surface area contributed by atoms with E-state index < -0.39 is 31.5 Å². The lowest BCUT2D eigenvalue weighted by atomic mass is 10.2. The van der Waals surface area contributed by atoms with Gasteiger partial charge in [-0.15, -0.1) is 4.73 Å². The summed E-state index contributed by atoms with van der Waals surface area (Å²) in [5.74, 6) is 0. The van der Waals surface area contributed by atoms with Crippen LogP contribution in [-0.4, -0.2) is 26.3 Å². The van der Waals surface area contributed by atoms with Crippen LogP contribution < -0.4 is 19.8 Å². The van der Waals surface area contributed by atoms with Crippen molar-refractivity contribution in [2.45, 2.75) is 23.6 Å². The fourth-order valence-electron chi connectivity index (χ4n) is 2.31. The van der Waals surface area contributed by atoms with Gasteiger partial charge in [0.25, 0.3) is 0 Å². The third-order valence-corrected chi connectivity index (χ3v) is 7.09. The Balaban J connectivity index is 2.04. The Labute approximate surface area is 191 Å². The molecule has 0 radical (unpaired) electrons. The van der Waals surface area contributed by atoms with Crippen LogP contribution in [0.3, 0.4) is 0 Å². The highest BCUT2D eigenvalue weighted by molar-refractivity contribution is 14.1. The van der Waals surface area contributed by atoms with Crippen LogP contribution in [0.25, 0.3) is 0 Å². The number of benzene rings is 2. The topological polar surface area (TPSA) is 131 Å². The van der Waals surface area contributed by atoms with Crippen LogP contribution in [0.5, 0.6) is 0 Å². The van der Waals surface area contributed by atoms with Crippen molar-refractivity contribution >= 4 is 42.8 Å². The van der Waals surface area contributed by atoms with Gasteiger partial charge >= 0.3 is 31.5 Å². The molecule has 0 aliphatic heterocycles. The van der Waals surface area contributed by atoms with Crippen LogP contribution in [0.4, 0.5) is 0 Å². The van der Waals surface area contributed by atoms with E-state index in [2.05, 4.69) is 0 Å². The molecule has 0 aliphatic rings. The first-order chi connectivity index (χ1) is 14.4. The molecule has 0 saturated heterocycles. The molecule has 3 aromatic rings. The van der Waals surface area contributed by atoms with Crippen molar-refractivity contribution < 1.29 is 25.4 Å². The number of aryl methyl sites for hydroxylation is 2. The lowest BCUT2D eigenvalue weighted by Gasteiger charge is -2.12. The third kappa shape index (κ3) is 4.99. The van der Waals surface area contributed by atoms with Crippen molar-refractivity contribution in [3.63, 3.8) is 0 Å². The molecule has 0 aliphatic carbocycles.